The Bertz CT molecular complexity index is 1000. The van der Waals surface area contributed by atoms with E-state index in [2.05, 4.69) is 53.0 Å². The number of hydrogen-bond donors (Lipinski definition) is 0. The summed E-state index contributed by atoms with van der Waals surface area (Å²) in [6.45, 7) is 2.29. The van der Waals surface area contributed by atoms with Crippen molar-refractivity contribution in [3.8, 4) is 11.1 Å². The number of rotatable bonds is 5. The van der Waals surface area contributed by atoms with Crippen molar-refractivity contribution < 1.29 is 4.39 Å². The fourth-order valence-electron chi connectivity index (χ4n) is 3.47. The van der Waals surface area contributed by atoms with Crippen molar-refractivity contribution in [3.05, 3.63) is 97.3 Å². The lowest BCUT2D eigenvalue weighted by atomic mass is 10.1. The van der Waals surface area contributed by atoms with E-state index in [9.17, 15) is 4.39 Å². The van der Waals surface area contributed by atoms with Crippen LogP contribution in [0.25, 0.3) is 11.1 Å². The molecule has 1 atom stereocenters. The van der Waals surface area contributed by atoms with Crippen molar-refractivity contribution in [2.75, 3.05) is 0 Å². The lowest BCUT2D eigenvalue weighted by Gasteiger charge is -2.28. The van der Waals surface area contributed by atoms with E-state index in [1.54, 1.807) is 24.8 Å². The number of benzene rings is 3. The first-order valence-electron chi connectivity index (χ1n) is 8.89. The van der Waals surface area contributed by atoms with Gasteiger partial charge in [0.2, 0.25) is 0 Å². The normalized spacial score (nSPS) is 13.3. The van der Waals surface area contributed by atoms with Gasteiger partial charge in [0.1, 0.15) is 26.5 Å². The van der Waals surface area contributed by atoms with E-state index in [1.807, 2.05) is 35.0 Å². The van der Waals surface area contributed by atoms with Crippen molar-refractivity contribution in [3.63, 3.8) is 0 Å². The van der Waals surface area contributed by atoms with E-state index in [0.717, 1.165) is 6.17 Å². The molecule has 27 heavy (non-hydrogen) atoms. The topological polar surface area (TPSA) is 30.7 Å². The summed E-state index contributed by atoms with van der Waals surface area (Å²) in [6.07, 6.45) is 4.05. The van der Waals surface area contributed by atoms with E-state index in [1.165, 1.54) is 21.5 Å². The maximum Gasteiger partial charge on any atom is 0.137 e. The average molecular weight is 374 g/mol. The van der Waals surface area contributed by atoms with Gasteiger partial charge in [-0.2, -0.15) is 5.10 Å². The second kappa shape index (κ2) is 7.29. The fraction of sp³-hybridized carbons (Fsp3) is 0.0909. The largest absolute Gasteiger partial charge is 0.255 e. The van der Waals surface area contributed by atoms with E-state index in [4.69, 9.17) is 0 Å². The minimum absolute atomic E-state index is 0.213. The molecule has 1 heterocycles. The number of nitrogens with zero attached hydrogens (tertiary/aromatic N) is 3. The molecule has 4 aromatic rings. The lowest BCUT2D eigenvalue weighted by molar-refractivity contribution is 0.628. The Kier molecular flexibility index (Phi) is 4.69. The summed E-state index contributed by atoms with van der Waals surface area (Å²) >= 11 is 0. The van der Waals surface area contributed by atoms with Gasteiger partial charge in [-0.1, -0.05) is 83.7 Å². The molecule has 0 bridgehead atoms. The third kappa shape index (κ3) is 3.59. The summed E-state index contributed by atoms with van der Waals surface area (Å²) in [5.74, 6) is -0.213. The Balaban J connectivity index is 1.75. The molecule has 0 aliphatic rings. The fourth-order valence-corrected chi connectivity index (χ4v) is 6.78. The molecule has 0 fully saturated rings. The molecule has 3 nitrogen and oxygen atoms in total. The molecule has 0 aliphatic heterocycles. The first kappa shape index (κ1) is 17.4. The maximum absolute atomic E-state index is 13.5. The SMILES string of the molecule is C[Si](Cn1cncn1)(c1ccc(F)cc1)c1ccc(-c2ccccc2)cc1. The quantitative estimate of drug-likeness (QED) is 0.501. The standard InChI is InChI=1S/C22H20FN3Si/c1-27(17-26-16-24-15-25-26,22-13-9-20(23)10-14-22)21-11-7-19(8-12-21)18-5-3-2-4-6-18/h2-16H,17H2,1H3. The van der Waals surface area contributed by atoms with Gasteiger partial charge in [-0.3, -0.25) is 4.68 Å². The molecule has 5 heteroatoms. The van der Waals surface area contributed by atoms with E-state index < -0.39 is 8.07 Å². The van der Waals surface area contributed by atoms with Gasteiger partial charge in [0.05, 0.1) is 0 Å². The molecular formula is C22H20FN3Si. The zero-order valence-corrected chi connectivity index (χ0v) is 16.1. The highest BCUT2D eigenvalue weighted by atomic mass is 28.3. The molecule has 1 unspecified atom stereocenters. The van der Waals surface area contributed by atoms with Crippen LogP contribution < -0.4 is 10.4 Å². The van der Waals surface area contributed by atoms with Crippen LogP contribution in [0.2, 0.25) is 6.55 Å². The lowest BCUT2D eigenvalue weighted by Crippen LogP contribution is -2.59. The predicted molar refractivity (Wildman–Crippen MR) is 109 cm³/mol. The van der Waals surface area contributed by atoms with Gasteiger partial charge < -0.3 is 0 Å². The second-order valence-electron chi connectivity index (χ2n) is 6.88. The molecule has 0 N–H and O–H groups in total. The smallest absolute Gasteiger partial charge is 0.137 e. The van der Waals surface area contributed by atoms with Crippen LogP contribution in [0.3, 0.4) is 0 Å². The van der Waals surface area contributed by atoms with Crippen LogP contribution in [0.1, 0.15) is 0 Å². The van der Waals surface area contributed by atoms with Crippen LogP contribution in [0.4, 0.5) is 4.39 Å². The Morgan fingerprint density at radius 1 is 0.815 bits per heavy atom. The van der Waals surface area contributed by atoms with Crippen LogP contribution in [0.5, 0.6) is 0 Å². The van der Waals surface area contributed by atoms with E-state index in [0.29, 0.717) is 0 Å². The number of hydrogen-bond acceptors (Lipinski definition) is 2. The minimum atomic E-state index is -2.16. The van der Waals surface area contributed by atoms with Crippen LogP contribution in [0.15, 0.2) is 91.5 Å². The third-order valence-electron chi connectivity index (χ3n) is 5.06. The summed E-state index contributed by atoms with van der Waals surface area (Å²) in [6, 6.07) is 26.0. The highest BCUT2D eigenvalue weighted by Crippen LogP contribution is 2.19. The van der Waals surface area contributed by atoms with Crippen molar-refractivity contribution in [1.29, 1.82) is 0 Å². The summed E-state index contributed by atoms with van der Waals surface area (Å²) in [5.41, 5.74) is 2.39. The van der Waals surface area contributed by atoms with E-state index >= 15 is 0 Å². The summed E-state index contributed by atoms with van der Waals surface area (Å²) in [5, 5.41) is 6.76. The van der Waals surface area contributed by atoms with E-state index in [-0.39, 0.29) is 5.82 Å². The van der Waals surface area contributed by atoms with Gasteiger partial charge in [0.25, 0.3) is 0 Å². The van der Waals surface area contributed by atoms with Gasteiger partial charge in [-0.25, -0.2) is 9.37 Å². The van der Waals surface area contributed by atoms with Crippen LogP contribution in [-0.2, 0) is 6.17 Å². The zero-order chi connectivity index (χ0) is 18.7. The predicted octanol–water partition coefficient (Wildman–Crippen LogP) is 3.52. The highest BCUT2D eigenvalue weighted by molar-refractivity contribution is 7.00. The molecule has 0 radical (unpaired) electrons. The van der Waals surface area contributed by atoms with Crippen molar-refractivity contribution in [1.82, 2.24) is 14.8 Å². The Labute approximate surface area is 159 Å². The van der Waals surface area contributed by atoms with Crippen LogP contribution in [-0.4, -0.2) is 22.8 Å². The molecule has 0 amide bonds. The molecule has 0 saturated heterocycles. The summed E-state index contributed by atoms with van der Waals surface area (Å²) in [7, 11) is -2.16. The first-order valence-corrected chi connectivity index (χ1v) is 11.6. The molecule has 0 aliphatic carbocycles. The number of aromatic nitrogens is 3. The molecular weight excluding hydrogens is 353 g/mol. The molecule has 0 spiro atoms. The van der Waals surface area contributed by atoms with Gasteiger partial charge in [-0.05, 0) is 23.3 Å². The Morgan fingerprint density at radius 3 is 2.00 bits per heavy atom. The number of halogens is 1. The summed E-state index contributed by atoms with van der Waals surface area (Å²) in [4.78, 5) is 4.08. The van der Waals surface area contributed by atoms with Gasteiger partial charge >= 0.3 is 0 Å². The zero-order valence-electron chi connectivity index (χ0n) is 15.1. The second-order valence-corrected chi connectivity index (χ2v) is 11.0. The van der Waals surface area contributed by atoms with Crippen molar-refractivity contribution >= 4 is 18.4 Å². The van der Waals surface area contributed by atoms with Crippen LogP contribution in [0, 0.1) is 5.82 Å². The molecule has 0 saturated carbocycles. The van der Waals surface area contributed by atoms with Crippen LogP contribution >= 0.6 is 0 Å². The monoisotopic (exact) mass is 373 g/mol. The molecule has 1 aromatic heterocycles. The van der Waals surface area contributed by atoms with Gasteiger partial charge in [0, 0.05) is 6.17 Å². The molecule has 4 rings (SSSR count). The van der Waals surface area contributed by atoms with Gasteiger partial charge in [-0.15, -0.1) is 0 Å². The minimum Gasteiger partial charge on any atom is -0.255 e. The highest BCUT2D eigenvalue weighted by Gasteiger charge is 2.33. The molecule has 3 aromatic carbocycles. The first-order chi connectivity index (χ1) is 13.1. The third-order valence-corrected chi connectivity index (χ3v) is 9.23. The Hall–Kier alpha value is -3.05. The Morgan fingerprint density at radius 2 is 1.41 bits per heavy atom. The maximum atomic E-state index is 13.5. The van der Waals surface area contributed by atoms with Crippen molar-refractivity contribution in [2.24, 2.45) is 0 Å². The average Bonchev–Trinajstić information content (AvgIpc) is 3.22. The molecule has 134 valence electrons. The summed E-state index contributed by atoms with van der Waals surface area (Å²) < 4.78 is 15.4. The van der Waals surface area contributed by atoms with Gasteiger partial charge in [0.15, 0.2) is 0 Å². The van der Waals surface area contributed by atoms with Crippen molar-refractivity contribution in [2.45, 2.75) is 12.7 Å².